The Bertz CT molecular complexity index is 627. The Hall–Kier alpha value is -2.36. The first-order valence-corrected chi connectivity index (χ1v) is 6.31. The van der Waals surface area contributed by atoms with Gasteiger partial charge < -0.3 is 10.0 Å². The zero-order chi connectivity index (χ0) is 14.7. The minimum atomic E-state index is -0.397. The van der Waals surface area contributed by atoms with Gasteiger partial charge in [-0.25, -0.2) is 4.39 Å². The monoisotopic (exact) mass is 273 g/mol. The van der Waals surface area contributed by atoms with Crippen molar-refractivity contribution in [2.24, 2.45) is 0 Å². The van der Waals surface area contributed by atoms with E-state index in [4.69, 9.17) is 0 Å². The molecule has 4 heteroatoms. The Morgan fingerprint density at radius 3 is 2.55 bits per heavy atom. The summed E-state index contributed by atoms with van der Waals surface area (Å²) in [6.45, 7) is 1.76. The van der Waals surface area contributed by atoms with Crippen LogP contribution in [0.3, 0.4) is 0 Å². The number of nitrogens with zero attached hydrogens (tertiary/aromatic N) is 1. The van der Waals surface area contributed by atoms with Crippen LogP contribution in [-0.4, -0.2) is 23.0 Å². The van der Waals surface area contributed by atoms with Gasteiger partial charge in [0, 0.05) is 18.2 Å². The van der Waals surface area contributed by atoms with Crippen LogP contribution in [0.25, 0.3) is 0 Å². The predicted molar refractivity (Wildman–Crippen MR) is 75.0 cm³/mol. The molecule has 0 aliphatic rings. The number of rotatable bonds is 3. The van der Waals surface area contributed by atoms with Crippen molar-refractivity contribution in [1.82, 2.24) is 4.90 Å². The number of benzene rings is 2. The summed E-state index contributed by atoms with van der Waals surface area (Å²) in [6, 6.07) is 12.1. The number of halogens is 1. The zero-order valence-corrected chi connectivity index (χ0v) is 11.4. The average Bonchev–Trinajstić information content (AvgIpc) is 2.45. The maximum atomic E-state index is 13.8. The van der Waals surface area contributed by atoms with Crippen molar-refractivity contribution >= 4 is 5.91 Å². The molecular formula is C16H16FNO2. The summed E-state index contributed by atoms with van der Waals surface area (Å²) in [6.07, 6.45) is 0. The molecule has 0 spiro atoms. The Labute approximate surface area is 117 Å². The van der Waals surface area contributed by atoms with E-state index in [2.05, 4.69) is 0 Å². The molecule has 1 amide bonds. The smallest absolute Gasteiger partial charge is 0.254 e. The SMILES string of the molecule is CC(c1ccccc1F)N(C)C(=O)c1cccc(O)c1. The van der Waals surface area contributed by atoms with Crippen LogP contribution in [0.1, 0.15) is 28.9 Å². The second-order valence-corrected chi connectivity index (χ2v) is 4.66. The summed E-state index contributed by atoms with van der Waals surface area (Å²) in [5.74, 6) is -0.574. The van der Waals surface area contributed by atoms with Gasteiger partial charge in [-0.15, -0.1) is 0 Å². The number of phenolic OH excluding ortho intramolecular Hbond substituents is 1. The molecule has 0 aliphatic heterocycles. The fourth-order valence-electron chi connectivity index (χ4n) is 2.04. The highest BCUT2D eigenvalue weighted by Gasteiger charge is 2.21. The van der Waals surface area contributed by atoms with Gasteiger partial charge >= 0.3 is 0 Å². The highest BCUT2D eigenvalue weighted by atomic mass is 19.1. The second-order valence-electron chi connectivity index (χ2n) is 4.66. The topological polar surface area (TPSA) is 40.5 Å². The lowest BCUT2D eigenvalue weighted by atomic mass is 10.1. The molecule has 0 saturated heterocycles. The van der Waals surface area contributed by atoms with Gasteiger partial charge in [0.25, 0.3) is 5.91 Å². The van der Waals surface area contributed by atoms with Crippen LogP contribution in [0.2, 0.25) is 0 Å². The second kappa shape index (κ2) is 5.74. The molecule has 2 aromatic rings. The lowest BCUT2D eigenvalue weighted by Crippen LogP contribution is -2.30. The molecule has 0 bridgehead atoms. The summed E-state index contributed by atoms with van der Waals surface area (Å²) in [5.41, 5.74) is 0.833. The lowest BCUT2D eigenvalue weighted by Gasteiger charge is -2.25. The highest BCUT2D eigenvalue weighted by molar-refractivity contribution is 5.94. The van der Waals surface area contributed by atoms with Crippen molar-refractivity contribution in [2.75, 3.05) is 7.05 Å². The fourth-order valence-corrected chi connectivity index (χ4v) is 2.04. The van der Waals surface area contributed by atoms with Crippen LogP contribution >= 0.6 is 0 Å². The van der Waals surface area contributed by atoms with Crippen LogP contribution in [0, 0.1) is 5.82 Å². The molecule has 0 aromatic heterocycles. The molecule has 2 rings (SSSR count). The summed E-state index contributed by atoms with van der Waals surface area (Å²) in [7, 11) is 1.61. The van der Waals surface area contributed by atoms with Crippen molar-refractivity contribution in [3.8, 4) is 5.75 Å². The van der Waals surface area contributed by atoms with Crippen molar-refractivity contribution in [3.05, 3.63) is 65.5 Å². The van der Waals surface area contributed by atoms with E-state index in [1.54, 1.807) is 44.3 Å². The molecular weight excluding hydrogens is 257 g/mol. The Kier molecular flexibility index (Phi) is 4.03. The maximum absolute atomic E-state index is 13.8. The number of amides is 1. The lowest BCUT2D eigenvalue weighted by molar-refractivity contribution is 0.0740. The van der Waals surface area contributed by atoms with E-state index < -0.39 is 6.04 Å². The minimum Gasteiger partial charge on any atom is -0.508 e. The van der Waals surface area contributed by atoms with E-state index in [0.29, 0.717) is 11.1 Å². The molecule has 0 radical (unpaired) electrons. The van der Waals surface area contributed by atoms with Crippen LogP contribution in [0.4, 0.5) is 4.39 Å². The number of carbonyl (C=O) groups is 1. The van der Waals surface area contributed by atoms with Crippen molar-refractivity contribution in [1.29, 1.82) is 0 Å². The third-order valence-electron chi connectivity index (χ3n) is 3.35. The van der Waals surface area contributed by atoms with Crippen molar-refractivity contribution in [2.45, 2.75) is 13.0 Å². The molecule has 0 aliphatic carbocycles. The number of hydrogen-bond donors (Lipinski definition) is 1. The summed E-state index contributed by atoms with van der Waals surface area (Å²) in [4.78, 5) is 13.8. The number of carbonyl (C=O) groups excluding carboxylic acids is 1. The third-order valence-corrected chi connectivity index (χ3v) is 3.35. The fraction of sp³-hybridized carbons (Fsp3) is 0.188. The summed E-state index contributed by atoms with van der Waals surface area (Å²) in [5, 5.41) is 9.41. The summed E-state index contributed by atoms with van der Waals surface area (Å²) < 4.78 is 13.8. The summed E-state index contributed by atoms with van der Waals surface area (Å²) >= 11 is 0. The van der Waals surface area contributed by atoms with E-state index in [-0.39, 0.29) is 17.5 Å². The van der Waals surface area contributed by atoms with E-state index in [1.165, 1.54) is 23.1 Å². The van der Waals surface area contributed by atoms with E-state index in [0.717, 1.165) is 0 Å². The average molecular weight is 273 g/mol. The Morgan fingerprint density at radius 1 is 1.20 bits per heavy atom. The van der Waals surface area contributed by atoms with Gasteiger partial charge in [0.05, 0.1) is 6.04 Å². The van der Waals surface area contributed by atoms with E-state index in [9.17, 15) is 14.3 Å². The van der Waals surface area contributed by atoms with Gasteiger partial charge in [0.15, 0.2) is 0 Å². The van der Waals surface area contributed by atoms with Gasteiger partial charge in [-0.05, 0) is 31.2 Å². The van der Waals surface area contributed by atoms with Crippen LogP contribution < -0.4 is 0 Å². The quantitative estimate of drug-likeness (QED) is 0.931. The van der Waals surface area contributed by atoms with E-state index in [1.807, 2.05) is 0 Å². The molecule has 1 N–H and O–H groups in total. The van der Waals surface area contributed by atoms with Gasteiger partial charge in [0.2, 0.25) is 0 Å². The Balaban J connectivity index is 2.25. The molecule has 2 aromatic carbocycles. The maximum Gasteiger partial charge on any atom is 0.254 e. The van der Waals surface area contributed by atoms with Gasteiger partial charge in [-0.1, -0.05) is 24.3 Å². The largest absolute Gasteiger partial charge is 0.508 e. The first-order valence-electron chi connectivity index (χ1n) is 6.31. The van der Waals surface area contributed by atoms with E-state index >= 15 is 0 Å². The van der Waals surface area contributed by atoms with Gasteiger partial charge in [-0.2, -0.15) is 0 Å². The molecule has 1 atom stereocenters. The molecule has 0 fully saturated rings. The number of hydrogen-bond acceptors (Lipinski definition) is 2. The normalized spacial score (nSPS) is 11.9. The molecule has 1 unspecified atom stereocenters. The first kappa shape index (κ1) is 14.1. The third kappa shape index (κ3) is 2.79. The molecule has 3 nitrogen and oxygen atoms in total. The minimum absolute atomic E-state index is 0.0304. The standard InChI is InChI=1S/C16H16FNO2/c1-11(14-8-3-4-9-15(14)17)18(2)16(20)12-6-5-7-13(19)10-12/h3-11,19H,1-2H3. The predicted octanol–water partition coefficient (Wildman–Crippen LogP) is 3.36. The molecule has 0 heterocycles. The van der Waals surface area contributed by atoms with Crippen LogP contribution in [-0.2, 0) is 0 Å². The van der Waals surface area contributed by atoms with Gasteiger partial charge in [-0.3, -0.25) is 4.79 Å². The van der Waals surface area contributed by atoms with Crippen molar-refractivity contribution in [3.63, 3.8) is 0 Å². The van der Waals surface area contributed by atoms with Crippen molar-refractivity contribution < 1.29 is 14.3 Å². The van der Waals surface area contributed by atoms with Crippen LogP contribution in [0.15, 0.2) is 48.5 Å². The molecule has 104 valence electrons. The number of phenols is 1. The molecule has 20 heavy (non-hydrogen) atoms. The van der Waals surface area contributed by atoms with Crippen LogP contribution in [0.5, 0.6) is 5.75 Å². The zero-order valence-electron chi connectivity index (χ0n) is 11.4. The highest BCUT2D eigenvalue weighted by Crippen LogP contribution is 2.23. The van der Waals surface area contributed by atoms with Gasteiger partial charge in [0.1, 0.15) is 11.6 Å². The number of aromatic hydroxyl groups is 1. The Morgan fingerprint density at radius 2 is 1.90 bits per heavy atom. The molecule has 0 saturated carbocycles. The first-order chi connectivity index (χ1) is 9.50.